The number of para-hydroxylation sites is 4. The van der Waals surface area contributed by atoms with Crippen LogP contribution in [0, 0.1) is 0 Å². The Morgan fingerprint density at radius 3 is 2.19 bits per heavy atom. The molecule has 0 amide bonds. The number of unbranched alkanes of at least 4 members (excludes halogenated alkanes) is 5. The predicted molar refractivity (Wildman–Crippen MR) is 156 cm³/mol. The zero-order valence-corrected chi connectivity index (χ0v) is 21.9. The average molecular weight is 509 g/mol. The Kier molecular flexibility index (Phi) is 8.50. The van der Waals surface area contributed by atoms with Crippen LogP contribution in [0.25, 0.3) is 28.1 Å². The first-order valence-corrected chi connectivity index (χ1v) is 13.8. The molecule has 188 valence electrons. The highest BCUT2D eigenvalue weighted by atomic mass is 35.5. The van der Waals surface area contributed by atoms with E-state index in [2.05, 4.69) is 76.6 Å². The zero-order valence-electron chi connectivity index (χ0n) is 21.1. The molecule has 0 radical (unpaired) electrons. The van der Waals surface area contributed by atoms with Gasteiger partial charge in [0, 0.05) is 23.8 Å². The number of aromatic nitrogens is 2. The summed E-state index contributed by atoms with van der Waals surface area (Å²) < 4.78 is 2.29. The molecule has 0 aromatic heterocycles. The molecule has 0 saturated heterocycles. The van der Waals surface area contributed by atoms with Crippen LogP contribution in [0.4, 0.5) is 11.4 Å². The number of fused-ring (bicyclic) bond motifs is 2. The van der Waals surface area contributed by atoms with E-state index in [0.717, 1.165) is 70.1 Å². The smallest absolute Gasteiger partial charge is 0.0900 e. The standard InChI is InChI=1S/C32H33ClN4/c33-21-13-3-1-2-4-14-22-34-28-24-32-30(23-29(28)35-25-15-7-5-8-16-25)36-27-19-11-12-20-31(27)37(32)26-17-9-6-10-18-26/h5-12,15-20,23-24,35H,1-4,13-14,21-22H2. The molecule has 3 aromatic rings. The van der Waals surface area contributed by atoms with Gasteiger partial charge in [-0.25, -0.2) is 4.98 Å². The predicted octanol–water partition coefficient (Wildman–Crippen LogP) is 8.35. The van der Waals surface area contributed by atoms with Crippen molar-refractivity contribution in [3.8, 4) is 17.1 Å². The molecule has 1 N–H and O–H groups in total. The molecular formula is C32H33ClN4. The molecule has 1 aliphatic heterocycles. The van der Waals surface area contributed by atoms with Gasteiger partial charge in [0.15, 0.2) is 0 Å². The number of anilines is 2. The van der Waals surface area contributed by atoms with E-state index in [0.29, 0.717) is 0 Å². The number of hydrogen-bond donors (Lipinski definition) is 1. The van der Waals surface area contributed by atoms with Gasteiger partial charge in [0.25, 0.3) is 0 Å². The maximum Gasteiger partial charge on any atom is 0.0900 e. The lowest BCUT2D eigenvalue weighted by atomic mass is 10.1. The van der Waals surface area contributed by atoms with E-state index in [4.69, 9.17) is 21.6 Å². The lowest BCUT2D eigenvalue weighted by Crippen LogP contribution is -2.15. The second-order valence-corrected chi connectivity index (χ2v) is 9.69. The Balaban J connectivity index is 1.57. The average Bonchev–Trinajstić information content (AvgIpc) is 2.94. The fourth-order valence-corrected chi connectivity index (χ4v) is 4.91. The molecule has 4 nitrogen and oxygen atoms in total. The summed E-state index contributed by atoms with van der Waals surface area (Å²) in [5, 5.41) is 4.55. The molecular weight excluding hydrogens is 476 g/mol. The van der Waals surface area contributed by atoms with Crippen molar-refractivity contribution in [3.05, 3.63) is 102 Å². The zero-order chi connectivity index (χ0) is 25.3. The summed E-state index contributed by atoms with van der Waals surface area (Å²) >= 11 is 5.80. The van der Waals surface area contributed by atoms with Crippen molar-refractivity contribution in [3.63, 3.8) is 0 Å². The molecule has 0 saturated carbocycles. The first-order chi connectivity index (χ1) is 18.3. The molecule has 2 aliphatic rings. The highest BCUT2D eigenvalue weighted by Gasteiger charge is 2.16. The normalized spacial score (nSPS) is 11.9. The maximum absolute atomic E-state index is 5.80. The summed E-state index contributed by atoms with van der Waals surface area (Å²) in [7, 11) is 0. The lowest BCUT2D eigenvalue weighted by molar-refractivity contribution is 0.611. The minimum atomic E-state index is 0.765. The van der Waals surface area contributed by atoms with Gasteiger partial charge in [0.2, 0.25) is 0 Å². The summed E-state index contributed by atoms with van der Waals surface area (Å²) in [6.07, 6.45) is 7.09. The second kappa shape index (κ2) is 12.6. The van der Waals surface area contributed by atoms with Crippen molar-refractivity contribution in [1.82, 2.24) is 9.55 Å². The molecule has 1 heterocycles. The number of halogens is 1. The van der Waals surface area contributed by atoms with E-state index in [1.807, 2.05) is 30.3 Å². The van der Waals surface area contributed by atoms with Gasteiger partial charge in [-0.1, -0.05) is 74.2 Å². The molecule has 0 fully saturated rings. The van der Waals surface area contributed by atoms with Crippen LogP contribution in [-0.2, 0) is 0 Å². The van der Waals surface area contributed by atoms with Crippen molar-refractivity contribution >= 4 is 34.0 Å². The Labute approximate surface area is 224 Å². The van der Waals surface area contributed by atoms with Gasteiger partial charge < -0.3 is 9.88 Å². The fourth-order valence-electron chi connectivity index (χ4n) is 4.72. The van der Waals surface area contributed by atoms with Crippen LogP contribution in [-0.4, -0.2) is 22.0 Å². The van der Waals surface area contributed by atoms with Gasteiger partial charge in [0.05, 0.1) is 33.5 Å². The SMILES string of the molecule is ClCCCCCCCCN=c1cc2n(-c3ccccc3)c3ccccc3nc-2cc1Nc1ccccc1. The number of rotatable bonds is 11. The van der Waals surface area contributed by atoms with Crippen LogP contribution in [0.5, 0.6) is 0 Å². The van der Waals surface area contributed by atoms with E-state index in [1.165, 1.54) is 25.7 Å². The summed E-state index contributed by atoms with van der Waals surface area (Å²) in [6, 6.07) is 33.4. The second-order valence-electron chi connectivity index (χ2n) is 9.31. The topological polar surface area (TPSA) is 42.2 Å². The van der Waals surface area contributed by atoms with E-state index < -0.39 is 0 Å². The van der Waals surface area contributed by atoms with E-state index >= 15 is 0 Å². The van der Waals surface area contributed by atoms with Crippen LogP contribution in [0.1, 0.15) is 38.5 Å². The van der Waals surface area contributed by atoms with Crippen LogP contribution in [0.2, 0.25) is 0 Å². The third-order valence-electron chi connectivity index (χ3n) is 6.59. The van der Waals surface area contributed by atoms with Gasteiger partial charge in [0.1, 0.15) is 0 Å². The largest absolute Gasteiger partial charge is 0.354 e. The molecule has 0 spiro atoms. The molecule has 1 aliphatic carbocycles. The summed E-state index contributed by atoms with van der Waals surface area (Å²) in [5.41, 5.74) is 7.13. The molecule has 0 bridgehead atoms. The van der Waals surface area contributed by atoms with Crippen LogP contribution >= 0.6 is 11.6 Å². The van der Waals surface area contributed by atoms with Gasteiger partial charge in [-0.3, -0.25) is 4.99 Å². The Bertz CT molecular complexity index is 1460. The quantitative estimate of drug-likeness (QED) is 0.111. The van der Waals surface area contributed by atoms with Crippen molar-refractivity contribution in [1.29, 1.82) is 0 Å². The van der Waals surface area contributed by atoms with Crippen molar-refractivity contribution < 1.29 is 0 Å². The third kappa shape index (κ3) is 6.20. The van der Waals surface area contributed by atoms with Crippen molar-refractivity contribution in [2.45, 2.75) is 38.5 Å². The fraction of sp³-hybridized carbons (Fsp3) is 0.250. The minimum Gasteiger partial charge on any atom is -0.354 e. The molecule has 0 unspecified atom stereocenters. The van der Waals surface area contributed by atoms with E-state index in [-0.39, 0.29) is 0 Å². The Morgan fingerprint density at radius 2 is 1.41 bits per heavy atom. The van der Waals surface area contributed by atoms with Gasteiger partial charge in [-0.2, -0.15) is 0 Å². The first kappa shape index (κ1) is 25.0. The summed E-state index contributed by atoms with van der Waals surface area (Å²) in [5.74, 6) is 0.765. The molecule has 5 rings (SSSR count). The molecule has 3 aromatic carbocycles. The van der Waals surface area contributed by atoms with Crippen molar-refractivity contribution in [2.24, 2.45) is 4.99 Å². The molecule has 37 heavy (non-hydrogen) atoms. The first-order valence-electron chi connectivity index (χ1n) is 13.2. The highest BCUT2D eigenvalue weighted by molar-refractivity contribution is 6.17. The molecule has 5 heteroatoms. The van der Waals surface area contributed by atoms with Crippen molar-refractivity contribution in [2.75, 3.05) is 17.7 Å². The third-order valence-corrected chi connectivity index (χ3v) is 6.86. The Hall–Kier alpha value is -3.63. The van der Waals surface area contributed by atoms with Crippen LogP contribution in [0.15, 0.2) is 102 Å². The van der Waals surface area contributed by atoms with E-state index in [9.17, 15) is 0 Å². The minimum absolute atomic E-state index is 0.765. The van der Waals surface area contributed by atoms with Crippen LogP contribution < -0.4 is 10.7 Å². The number of hydrogen-bond acceptors (Lipinski definition) is 3. The molecule has 0 atom stereocenters. The highest BCUT2D eigenvalue weighted by Crippen LogP contribution is 2.30. The monoisotopic (exact) mass is 508 g/mol. The lowest BCUT2D eigenvalue weighted by Gasteiger charge is -2.20. The van der Waals surface area contributed by atoms with Crippen LogP contribution in [0.3, 0.4) is 0 Å². The number of nitrogens with zero attached hydrogens (tertiary/aromatic N) is 3. The Morgan fingerprint density at radius 1 is 0.730 bits per heavy atom. The summed E-state index contributed by atoms with van der Waals surface area (Å²) in [6.45, 7) is 0.802. The van der Waals surface area contributed by atoms with Gasteiger partial charge in [-0.05, 0) is 61.4 Å². The number of benzene rings is 4. The van der Waals surface area contributed by atoms with Gasteiger partial charge in [-0.15, -0.1) is 11.6 Å². The summed E-state index contributed by atoms with van der Waals surface area (Å²) in [4.78, 5) is 10.1. The maximum atomic E-state index is 5.80. The number of alkyl halides is 1. The number of nitrogens with one attached hydrogen (secondary N) is 1. The van der Waals surface area contributed by atoms with Gasteiger partial charge >= 0.3 is 0 Å². The van der Waals surface area contributed by atoms with E-state index in [1.54, 1.807) is 0 Å².